The lowest BCUT2D eigenvalue weighted by molar-refractivity contribution is -0.130. The Morgan fingerprint density at radius 1 is 1.27 bits per heavy atom. The van der Waals surface area contributed by atoms with E-state index in [0.29, 0.717) is 30.8 Å². The summed E-state index contributed by atoms with van der Waals surface area (Å²) in [6.07, 6.45) is 6.20. The van der Waals surface area contributed by atoms with E-state index in [2.05, 4.69) is 19.9 Å². The van der Waals surface area contributed by atoms with Gasteiger partial charge in [0.05, 0.1) is 14.2 Å². The third-order valence-corrected chi connectivity index (χ3v) is 5.53. The zero-order valence-corrected chi connectivity index (χ0v) is 18.1. The van der Waals surface area contributed by atoms with Gasteiger partial charge in [-0.15, -0.1) is 0 Å². The van der Waals surface area contributed by atoms with Gasteiger partial charge in [-0.2, -0.15) is 9.97 Å². The van der Waals surface area contributed by atoms with Crippen molar-refractivity contribution in [2.24, 2.45) is 5.92 Å². The first-order chi connectivity index (χ1) is 14.6. The summed E-state index contributed by atoms with van der Waals surface area (Å²) in [5, 5.41) is 0. The van der Waals surface area contributed by atoms with Crippen LogP contribution in [0.5, 0.6) is 11.9 Å². The molecule has 3 rings (SSSR count). The maximum atomic E-state index is 12.6. The smallest absolute Gasteiger partial charge is 0.321 e. The van der Waals surface area contributed by atoms with Crippen molar-refractivity contribution in [1.82, 2.24) is 19.9 Å². The van der Waals surface area contributed by atoms with Crippen LogP contribution in [0.1, 0.15) is 31.4 Å². The molecule has 1 saturated heterocycles. The van der Waals surface area contributed by atoms with Gasteiger partial charge < -0.3 is 19.3 Å². The third-order valence-electron chi connectivity index (χ3n) is 5.53. The van der Waals surface area contributed by atoms with Crippen molar-refractivity contribution in [3.8, 4) is 11.9 Å². The minimum Gasteiger partial charge on any atom is -0.481 e. The van der Waals surface area contributed by atoms with Gasteiger partial charge in [0.25, 0.3) is 0 Å². The number of carbonyl (C=O) groups excluding carboxylic acids is 1. The van der Waals surface area contributed by atoms with Crippen LogP contribution in [0.15, 0.2) is 30.5 Å². The fourth-order valence-electron chi connectivity index (χ4n) is 3.73. The largest absolute Gasteiger partial charge is 0.481 e. The van der Waals surface area contributed by atoms with Crippen LogP contribution in [-0.2, 0) is 11.2 Å². The van der Waals surface area contributed by atoms with Crippen LogP contribution in [-0.4, -0.2) is 66.7 Å². The van der Waals surface area contributed by atoms with Gasteiger partial charge in [-0.25, -0.2) is 0 Å². The van der Waals surface area contributed by atoms with E-state index >= 15 is 0 Å². The fourth-order valence-corrected chi connectivity index (χ4v) is 3.73. The number of aromatic nitrogens is 3. The molecule has 0 N–H and O–H groups in total. The predicted octanol–water partition coefficient (Wildman–Crippen LogP) is 2.59. The van der Waals surface area contributed by atoms with Crippen molar-refractivity contribution in [3.63, 3.8) is 0 Å². The molecule has 1 amide bonds. The lowest BCUT2D eigenvalue weighted by atomic mass is 9.93. The molecule has 162 valence electrons. The van der Waals surface area contributed by atoms with E-state index < -0.39 is 0 Å². The Morgan fingerprint density at radius 3 is 2.87 bits per heavy atom. The van der Waals surface area contributed by atoms with Gasteiger partial charge in [0, 0.05) is 57.5 Å². The monoisotopic (exact) mass is 413 g/mol. The maximum absolute atomic E-state index is 12.6. The van der Waals surface area contributed by atoms with Crippen molar-refractivity contribution < 1.29 is 14.3 Å². The molecule has 8 nitrogen and oxygen atoms in total. The molecule has 0 radical (unpaired) electrons. The molecular formula is C22H31N5O3. The number of hydrogen-bond acceptors (Lipinski definition) is 7. The van der Waals surface area contributed by atoms with Gasteiger partial charge in [0.2, 0.25) is 11.8 Å². The van der Waals surface area contributed by atoms with Gasteiger partial charge in [-0.1, -0.05) is 6.07 Å². The highest BCUT2D eigenvalue weighted by Gasteiger charge is 2.23. The summed E-state index contributed by atoms with van der Waals surface area (Å²) in [5.41, 5.74) is 1.01. The van der Waals surface area contributed by atoms with Crippen LogP contribution in [0.2, 0.25) is 0 Å². The van der Waals surface area contributed by atoms with Crippen LogP contribution in [0.3, 0.4) is 0 Å². The number of pyridine rings is 1. The minimum atomic E-state index is 0.188. The van der Waals surface area contributed by atoms with E-state index in [4.69, 9.17) is 9.47 Å². The van der Waals surface area contributed by atoms with E-state index in [-0.39, 0.29) is 5.91 Å². The standard InChI is InChI=1S/C22H31N5O3/c1-26(14-11-18-8-4-5-12-23-18)21(28)10-9-17-7-6-13-27(16-17)19-15-20(29-2)25-22(24-19)30-3/h4-5,8,12,15,17H,6-7,9-11,13-14,16H2,1-3H3. The Hall–Kier alpha value is -2.90. The number of hydrogen-bond donors (Lipinski definition) is 0. The molecule has 0 bridgehead atoms. The quantitative estimate of drug-likeness (QED) is 0.625. The zero-order valence-electron chi connectivity index (χ0n) is 18.1. The number of ether oxygens (including phenoxy) is 2. The summed E-state index contributed by atoms with van der Waals surface area (Å²) in [4.78, 5) is 29.6. The predicted molar refractivity (Wildman–Crippen MR) is 115 cm³/mol. The molecule has 1 fully saturated rings. The van der Waals surface area contributed by atoms with E-state index in [1.54, 1.807) is 20.4 Å². The Labute approximate surface area is 178 Å². The number of nitrogens with zero attached hydrogens (tertiary/aromatic N) is 5. The molecule has 0 aliphatic carbocycles. The van der Waals surface area contributed by atoms with Crippen molar-refractivity contribution in [3.05, 3.63) is 36.2 Å². The van der Waals surface area contributed by atoms with Crippen molar-refractivity contribution in [1.29, 1.82) is 0 Å². The fraction of sp³-hybridized carbons (Fsp3) is 0.545. The number of methoxy groups -OCH3 is 2. The zero-order chi connectivity index (χ0) is 21.3. The molecule has 2 aromatic heterocycles. The molecular weight excluding hydrogens is 382 g/mol. The van der Waals surface area contributed by atoms with Gasteiger partial charge in [0.1, 0.15) is 5.82 Å². The van der Waals surface area contributed by atoms with Crippen LogP contribution < -0.4 is 14.4 Å². The molecule has 3 heterocycles. The lowest BCUT2D eigenvalue weighted by Crippen LogP contribution is -2.37. The van der Waals surface area contributed by atoms with Gasteiger partial charge in [0.15, 0.2) is 0 Å². The summed E-state index contributed by atoms with van der Waals surface area (Å²) >= 11 is 0. The maximum Gasteiger partial charge on any atom is 0.321 e. The topological polar surface area (TPSA) is 80.7 Å². The third kappa shape index (κ3) is 6.05. The molecule has 1 atom stereocenters. The normalized spacial score (nSPS) is 16.2. The van der Waals surface area contributed by atoms with Crippen molar-refractivity contribution in [2.45, 2.75) is 32.1 Å². The van der Waals surface area contributed by atoms with Crippen molar-refractivity contribution in [2.75, 3.05) is 45.8 Å². The molecule has 30 heavy (non-hydrogen) atoms. The van der Waals surface area contributed by atoms with Gasteiger partial charge in [-0.05, 0) is 37.3 Å². The summed E-state index contributed by atoms with van der Waals surface area (Å²) in [6.45, 7) is 2.49. The second-order valence-corrected chi connectivity index (χ2v) is 7.63. The van der Waals surface area contributed by atoms with Crippen molar-refractivity contribution >= 4 is 11.7 Å². The molecule has 0 saturated carbocycles. The highest BCUT2D eigenvalue weighted by molar-refractivity contribution is 5.75. The van der Waals surface area contributed by atoms with E-state index in [9.17, 15) is 4.79 Å². The lowest BCUT2D eigenvalue weighted by Gasteiger charge is -2.33. The molecule has 2 aromatic rings. The Kier molecular flexibility index (Phi) is 7.82. The molecule has 1 aliphatic heterocycles. The number of anilines is 1. The summed E-state index contributed by atoms with van der Waals surface area (Å²) in [7, 11) is 5.01. The van der Waals surface area contributed by atoms with Crippen LogP contribution in [0.4, 0.5) is 5.82 Å². The van der Waals surface area contributed by atoms with E-state index in [1.165, 1.54) is 0 Å². The summed E-state index contributed by atoms with van der Waals surface area (Å²) in [6, 6.07) is 8.01. The molecule has 8 heteroatoms. The Balaban J connectivity index is 1.49. The summed E-state index contributed by atoms with van der Waals surface area (Å²) < 4.78 is 10.5. The van der Waals surface area contributed by atoms with Gasteiger partial charge >= 0.3 is 6.01 Å². The SMILES string of the molecule is COc1cc(N2CCCC(CCC(=O)N(C)CCc3ccccn3)C2)nc(OC)n1. The Morgan fingerprint density at radius 2 is 2.13 bits per heavy atom. The number of rotatable bonds is 9. The minimum absolute atomic E-state index is 0.188. The second kappa shape index (κ2) is 10.8. The average Bonchev–Trinajstić information content (AvgIpc) is 2.81. The average molecular weight is 414 g/mol. The first-order valence-corrected chi connectivity index (χ1v) is 10.4. The second-order valence-electron chi connectivity index (χ2n) is 7.63. The number of carbonyl (C=O) groups is 1. The van der Waals surface area contributed by atoms with Gasteiger partial charge in [-0.3, -0.25) is 9.78 Å². The van der Waals surface area contributed by atoms with Crippen LogP contribution in [0, 0.1) is 5.92 Å². The molecule has 0 aromatic carbocycles. The van der Waals surface area contributed by atoms with E-state index in [1.807, 2.05) is 36.2 Å². The molecule has 0 spiro atoms. The highest BCUT2D eigenvalue weighted by Crippen LogP contribution is 2.27. The summed E-state index contributed by atoms with van der Waals surface area (Å²) in [5.74, 6) is 1.94. The number of amides is 1. The Bertz CT molecular complexity index is 795. The first-order valence-electron chi connectivity index (χ1n) is 10.4. The number of piperidine rings is 1. The van der Waals surface area contributed by atoms with Crippen LogP contribution >= 0.6 is 0 Å². The van der Waals surface area contributed by atoms with E-state index in [0.717, 1.165) is 50.3 Å². The number of likely N-dealkylation sites (N-methyl/N-ethyl adjacent to an activating group) is 1. The highest BCUT2D eigenvalue weighted by atomic mass is 16.5. The molecule has 1 unspecified atom stereocenters. The van der Waals surface area contributed by atoms with Crippen LogP contribution in [0.25, 0.3) is 0 Å². The molecule has 1 aliphatic rings. The first kappa shape index (κ1) is 21.8.